The Balaban J connectivity index is 3.03. The zero-order valence-electron chi connectivity index (χ0n) is 7.22. The molecule has 0 bridgehead atoms. The van der Waals surface area contributed by atoms with Crippen LogP contribution in [0.3, 0.4) is 0 Å². The number of halogens is 2. The summed E-state index contributed by atoms with van der Waals surface area (Å²) in [6.45, 7) is 0.0510. The zero-order chi connectivity index (χ0) is 9.84. The molecule has 2 N–H and O–H groups in total. The third-order valence-corrected chi connectivity index (χ3v) is 2.82. The number of rotatable bonds is 3. The lowest BCUT2D eigenvalue weighted by Gasteiger charge is -2.15. The average Bonchev–Trinajstić information content (AvgIpc) is 2.13. The summed E-state index contributed by atoms with van der Waals surface area (Å²) in [6.07, 6.45) is 0. The highest BCUT2D eigenvalue weighted by atomic mass is 79.9. The van der Waals surface area contributed by atoms with Gasteiger partial charge in [-0.2, -0.15) is 0 Å². The van der Waals surface area contributed by atoms with Crippen LogP contribution in [0.1, 0.15) is 11.6 Å². The monoisotopic (exact) mass is 263 g/mol. The molecule has 0 heterocycles. The maximum atomic E-state index is 9.07. The van der Waals surface area contributed by atoms with E-state index < -0.39 is 0 Å². The Morgan fingerprint density at radius 3 is 2.85 bits per heavy atom. The lowest BCUT2D eigenvalue weighted by molar-refractivity contribution is 0.250. The van der Waals surface area contributed by atoms with E-state index in [4.69, 9.17) is 16.7 Å². The first-order valence-electron chi connectivity index (χ1n) is 3.92. The molecular weight excluding hydrogens is 253 g/mol. The minimum Gasteiger partial charge on any atom is -0.394 e. The van der Waals surface area contributed by atoms with Gasteiger partial charge in [-0.25, -0.2) is 0 Å². The first kappa shape index (κ1) is 11.0. The van der Waals surface area contributed by atoms with Crippen molar-refractivity contribution in [3.05, 3.63) is 33.3 Å². The maximum absolute atomic E-state index is 9.07. The Labute approximate surface area is 91.0 Å². The van der Waals surface area contributed by atoms with Crippen molar-refractivity contribution in [1.82, 2.24) is 5.32 Å². The second-order valence-corrected chi connectivity index (χ2v) is 3.98. The normalized spacial score (nSPS) is 12.9. The number of benzene rings is 1. The predicted octanol–water partition coefficient (Wildman–Crippen LogP) is 2.36. The minimum absolute atomic E-state index is 0.0510. The molecule has 0 fully saturated rings. The largest absolute Gasteiger partial charge is 0.394 e. The van der Waals surface area contributed by atoms with Crippen LogP contribution < -0.4 is 5.32 Å². The summed E-state index contributed by atoms with van der Waals surface area (Å²) >= 11 is 9.25. The Kier molecular flexibility index (Phi) is 4.19. The molecule has 0 spiro atoms. The Hall–Kier alpha value is -0.0900. The summed E-state index contributed by atoms with van der Waals surface area (Å²) in [5.41, 5.74) is 0.970. The van der Waals surface area contributed by atoms with Gasteiger partial charge >= 0.3 is 0 Å². The van der Waals surface area contributed by atoms with E-state index in [0.717, 1.165) is 10.0 Å². The van der Waals surface area contributed by atoms with Crippen LogP contribution in [0, 0.1) is 0 Å². The molecule has 0 aliphatic rings. The third kappa shape index (κ3) is 2.68. The van der Waals surface area contributed by atoms with E-state index >= 15 is 0 Å². The summed E-state index contributed by atoms with van der Waals surface area (Å²) in [4.78, 5) is 0. The van der Waals surface area contributed by atoms with Crippen LogP contribution in [0.2, 0.25) is 5.02 Å². The van der Waals surface area contributed by atoms with Crippen molar-refractivity contribution in [2.45, 2.75) is 6.04 Å². The molecular formula is C9H11BrClNO. The molecule has 0 amide bonds. The fraction of sp³-hybridized carbons (Fsp3) is 0.333. The lowest BCUT2D eigenvalue weighted by atomic mass is 10.1. The maximum Gasteiger partial charge on any atom is 0.0626 e. The Morgan fingerprint density at radius 2 is 2.31 bits per heavy atom. The number of hydrogen-bond acceptors (Lipinski definition) is 2. The topological polar surface area (TPSA) is 32.3 Å². The van der Waals surface area contributed by atoms with Gasteiger partial charge in [0.05, 0.1) is 12.6 Å². The second kappa shape index (κ2) is 4.96. The van der Waals surface area contributed by atoms with Crippen LogP contribution in [0.5, 0.6) is 0 Å². The van der Waals surface area contributed by atoms with E-state index in [0.29, 0.717) is 5.02 Å². The minimum atomic E-state index is -0.0759. The molecule has 0 aliphatic carbocycles. The zero-order valence-corrected chi connectivity index (χ0v) is 9.56. The summed E-state index contributed by atoms with van der Waals surface area (Å²) in [7, 11) is 1.80. The van der Waals surface area contributed by atoms with Crippen molar-refractivity contribution in [3.8, 4) is 0 Å². The fourth-order valence-corrected chi connectivity index (χ4v) is 1.83. The molecule has 0 saturated heterocycles. The van der Waals surface area contributed by atoms with Gasteiger partial charge < -0.3 is 10.4 Å². The molecule has 0 aromatic heterocycles. The quantitative estimate of drug-likeness (QED) is 0.878. The SMILES string of the molecule is CNC(CO)c1cc(Cl)ccc1Br. The van der Waals surface area contributed by atoms with Crippen LogP contribution in [0.4, 0.5) is 0 Å². The molecule has 1 unspecified atom stereocenters. The van der Waals surface area contributed by atoms with Gasteiger partial charge in [0.25, 0.3) is 0 Å². The molecule has 2 nitrogen and oxygen atoms in total. The Morgan fingerprint density at radius 1 is 1.62 bits per heavy atom. The highest BCUT2D eigenvalue weighted by molar-refractivity contribution is 9.10. The molecule has 1 aromatic carbocycles. The van der Waals surface area contributed by atoms with E-state index in [2.05, 4.69) is 21.2 Å². The number of nitrogens with one attached hydrogen (secondary N) is 1. The predicted molar refractivity (Wildman–Crippen MR) is 58.0 cm³/mol. The van der Waals surface area contributed by atoms with Crippen molar-refractivity contribution in [3.63, 3.8) is 0 Å². The van der Waals surface area contributed by atoms with Crippen molar-refractivity contribution >= 4 is 27.5 Å². The van der Waals surface area contributed by atoms with Crippen LogP contribution >= 0.6 is 27.5 Å². The second-order valence-electron chi connectivity index (χ2n) is 2.69. The van der Waals surface area contributed by atoms with Gasteiger partial charge in [-0.15, -0.1) is 0 Å². The van der Waals surface area contributed by atoms with Crippen molar-refractivity contribution < 1.29 is 5.11 Å². The van der Waals surface area contributed by atoms with Crippen molar-refractivity contribution in [2.75, 3.05) is 13.7 Å². The van der Waals surface area contributed by atoms with Crippen LogP contribution in [0.25, 0.3) is 0 Å². The first-order valence-corrected chi connectivity index (χ1v) is 5.09. The summed E-state index contributed by atoms with van der Waals surface area (Å²) in [5, 5.41) is 12.7. The smallest absolute Gasteiger partial charge is 0.0626 e. The van der Waals surface area contributed by atoms with Gasteiger partial charge in [0.2, 0.25) is 0 Å². The van der Waals surface area contributed by atoms with E-state index in [1.54, 1.807) is 13.1 Å². The molecule has 0 radical (unpaired) electrons. The molecule has 4 heteroatoms. The number of aliphatic hydroxyl groups excluding tert-OH is 1. The molecule has 0 saturated carbocycles. The van der Waals surface area contributed by atoms with Gasteiger partial charge in [-0.05, 0) is 30.8 Å². The summed E-state index contributed by atoms with van der Waals surface area (Å²) in [6, 6.07) is 5.44. The highest BCUT2D eigenvalue weighted by Gasteiger charge is 2.11. The lowest BCUT2D eigenvalue weighted by Crippen LogP contribution is -2.20. The summed E-state index contributed by atoms with van der Waals surface area (Å²) < 4.78 is 0.949. The number of likely N-dealkylation sites (N-methyl/N-ethyl adjacent to an activating group) is 1. The van der Waals surface area contributed by atoms with E-state index in [1.807, 2.05) is 12.1 Å². The van der Waals surface area contributed by atoms with Crippen LogP contribution in [0.15, 0.2) is 22.7 Å². The highest BCUT2D eigenvalue weighted by Crippen LogP contribution is 2.26. The first-order chi connectivity index (χ1) is 6.19. The van der Waals surface area contributed by atoms with Crippen LogP contribution in [-0.4, -0.2) is 18.8 Å². The Bertz CT molecular complexity index is 289. The fourth-order valence-electron chi connectivity index (χ4n) is 1.13. The van der Waals surface area contributed by atoms with Gasteiger partial charge in [-0.1, -0.05) is 27.5 Å². The number of hydrogen-bond donors (Lipinski definition) is 2. The van der Waals surface area contributed by atoms with Gasteiger partial charge in [-0.3, -0.25) is 0 Å². The van der Waals surface area contributed by atoms with E-state index in [9.17, 15) is 0 Å². The van der Waals surface area contributed by atoms with E-state index in [1.165, 1.54) is 0 Å². The molecule has 13 heavy (non-hydrogen) atoms. The molecule has 1 atom stereocenters. The van der Waals surface area contributed by atoms with Gasteiger partial charge in [0, 0.05) is 9.50 Å². The van der Waals surface area contributed by atoms with E-state index in [-0.39, 0.29) is 12.6 Å². The summed E-state index contributed by atoms with van der Waals surface area (Å²) in [5.74, 6) is 0. The average molecular weight is 265 g/mol. The van der Waals surface area contributed by atoms with Crippen molar-refractivity contribution in [2.24, 2.45) is 0 Å². The molecule has 0 aliphatic heterocycles. The molecule has 1 rings (SSSR count). The molecule has 72 valence electrons. The van der Waals surface area contributed by atoms with Crippen LogP contribution in [-0.2, 0) is 0 Å². The van der Waals surface area contributed by atoms with Gasteiger partial charge in [0.15, 0.2) is 0 Å². The van der Waals surface area contributed by atoms with Crippen molar-refractivity contribution in [1.29, 1.82) is 0 Å². The number of aliphatic hydroxyl groups is 1. The molecule has 1 aromatic rings. The standard InChI is InChI=1S/C9H11BrClNO/c1-12-9(5-13)7-4-6(11)2-3-8(7)10/h2-4,9,12-13H,5H2,1H3. The van der Waals surface area contributed by atoms with Gasteiger partial charge in [0.1, 0.15) is 0 Å². The third-order valence-electron chi connectivity index (χ3n) is 1.86.